The molecule has 0 unspecified atom stereocenters. The lowest BCUT2D eigenvalue weighted by molar-refractivity contribution is 0.340. The SMILES string of the molecule is CO/C=C(/c1ccc(F)cc1)c1ccccc1Br. The highest BCUT2D eigenvalue weighted by Crippen LogP contribution is 2.29. The van der Waals surface area contributed by atoms with Gasteiger partial charge in [-0.15, -0.1) is 0 Å². The largest absolute Gasteiger partial charge is 0.504 e. The molecule has 0 radical (unpaired) electrons. The summed E-state index contributed by atoms with van der Waals surface area (Å²) in [6.07, 6.45) is 1.66. The van der Waals surface area contributed by atoms with Gasteiger partial charge in [0.2, 0.25) is 0 Å². The standard InChI is InChI=1S/C15H12BrFO/c1-18-10-14(11-6-8-12(17)9-7-11)13-4-2-3-5-15(13)16/h2-10H,1H3/b14-10-. The van der Waals surface area contributed by atoms with Gasteiger partial charge in [-0.25, -0.2) is 4.39 Å². The predicted octanol–water partition coefficient (Wildman–Crippen LogP) is 4.62. The van der Waals surface area contributed by atoms with Gasteiger partial charge in [-0.05, 0) is 29.3 Å². The van der Waals surface area contributed by atoms with Gasteiger partial charge in [-0.2, -0.15) is 0 Å². The molecule has 0 saturated carbocycles. The molecule has 0 spiro atoms. The molecule has 2 aromatic rings. The number of benzene rings is 2. The van der Waals surface area contributed by atoms with E-state index in [-0.39, 0.29) is 5.82 Å². The molecule has 0 heterocycles. The zero-order chi connectivity index (χ0) is 13.0. The number of methoxy groups -OCH3 is 1. The number of hydrogen-bond acceptors (Lipinski definition) is 1. The van der Waals surface area contributed by atoms with Crippen molar-refractivity contribution in [3.8, 4) is 0 Å². The molecule has 2 aromatic carbocycles. The molecule has 92 valence electrons. The van der Waals surface area contributed by atoms with E-state index in [1.54, 1.807) is 25.5 Å². The third kappa shape index (κ3) is 2.79. The minimum absolute atomic E-state index is 0.248. The van der Waals surface area contributed by atoms with Crippen molar-refractivity contribution in [1.29, 1.82) is 0 Å². The molecule has 3 heteroatoms. The summed E-state index contributed by atoms with van der Waals surface area (Å²) in [6.45, 7) is 0. The summed E-state index contributed by atoms with van der Waals surface area (Å²) in [5.74, 6) is -0.248. The van der Waals surface area contributed by atoms with Crippen LogP contribution < -0.4 is 0 Å². The lowest BCUT2D eigenvalue weighted by Crippen LogP contribution is -1.91. The van der Waals surface area contributed by atoms with E-state index in [1.807, 2.05) is 24.3 Å². The van der Waals surface area contributed by atoms with E-state index < -0.39 is 0 Å². The van der Waals surface area contributed by atoms with Gasteiger partial charge in [-0.1, -0.05) is 46.3 Å². The van der Waals surface area contributed by atoms with E-state index in [1.165, 1.54) is 12.1 Å². The zero-order valence-electron chi connectivity index (χ0n) is 9.86. The third-order valence-electron chi connectivity index (χ3n) is 2.55. The van der Waals surface area contributed by atoms with Crippen LogP contribution in [-0.4, -0.2) is 7.11 Å². The summed E-state index contributed by atoms with van der Waals surface area (Å²) in [5.41, 5.74) is 2.82. The van der Waals surface area contributed by atoms with Gasteiger partial charge < -0.3 is 4.74 Å². The second-order valence-electron chi connectivity index (χ2n) is 3.75. The van der Waals surface area contributed by atoms with Crippen molar-refractivity contribution in [3.63, 3.8) is 0 Å². The van der Waals surface area contributed by atoms with Crippen LogP contribution in [0.25, 0.3) is 5.57 Å². The van der Waals surface area contributed by atoms with Crippen LogP contribution in [0.15, 0.2) is 59.3 Å². The van der Waals surface area contributed by atoms with Gasteiger partial charge >= 0.3 is 0 Å². The maximum Gasteiger partial charge on any atom is 0.123 e. The molecule has 18 heavy (non-hydrogen) atoms. The molecule has 0 aliphatic heterocycles. The minimum Gasteiger partial charge on any atom is -0.504 e. The molecular formula is C15H12BrFO. The predicted molar refractivity (Wildman–Crippen MR) is 74.6 cm³/mol. The Labute approximate surface area is 114 Å². The van der Waals surface area contributed by atoms with E-state index in [0.717, 1.165) is 21.2 Å². The topological polar surface area (TPSA) is 9.23 Å². The summed E-state index contributed by atoms with van der Waals surface area (Å²) < 4.78 is 19.0. The van der Waals surface area contributed by atoms with Gasteiger partial charge in [0.15, 0.2) is 0 Å². The van der Waals surface area contributed by atoms with E-state index in [9.17, 15) is 4.39 Å². The average molecular weight is 307 g/mol. The Hall–Kier alpha value is -1.61. The van der Waals surface area contributed by atoms with Gasteiger partial charge in [0, 0.05) is 10.0 Å². The van der Waals surface area contributed by atoms with Crippen LogP contribution in [0.1, 0.15) is 11.1 Å². The van der Waals surface area contributed by atoms with Crippen LogP contribution >= 0.6 is 15.9 Å². The smallest absolute Gasteiger partial charge is 0.123 e. The van der Waals surface area contributed by atoms with Crippen LogP contribution in [0.3, 0.4) is 0 Å². The zero-order valence-corrected chi connectivity index (χ0v) is 11.4. The van der Waals surface area contributed by atoms with Crippen molar-refractivity contribution in [2.24, 2.45) is 0 Å². The molecule has 0 aromatic heterocycles. The van der Waals surface area contributed by atoms with Crippen molar-refractivity contribution in [2.75, 3.05) is 7.11 Å². The van der Waals surface area contributed by atoms with Crippen LogP contribution in [0.2, 0.25) is 0 Å². The van der Waals surface area contributed by atoms with Crippen molar-refractivity contribution < 1.29 is 9.13 Å². The molecule has 0 bridgehead atoms. The molecule has 0 aliphatic rings. The lowest BCUT2D eigenvalue weighted by Gasteiger charge is -2.10. The maximum atomic E-state index is 13.0. The second-order valence-corrected chi connectivity index (χ2v) is 4.61. The first-order chi connectivity index (χ1) is 8.72. The Morgan fingerprint density at radius 2 is 1.78 bits per heavy atom. The van der Waals surface area contributed by atoms with Crippen molar-refractivity contribution in [1.82, 2.24) is 0 Å². The van der Waals surface area contributed by atoms with E-state index in [2.05, 4.69) is 15.9 Å². The van der Waals surface area contributed by atoms with Gasteiger partial charge in [0.1, 0.15) is 5.82 Å². The van der Waals surface area contributed by atoms with Crippen molar-refractivity contribution in [3.05, 3.63) is 76.2 Å². The molecule has 0 N–H and O–H groups in total. The highest BCUT2D eigenvalue weighted by atomic mass is 79.9. The van der Waals surface area contributed by atoms with Crippen LogP contribution in [0.4, 0.5) is 4.39 Å². The van der Waals surface area contributed by atoms with Crippen LogP contribution in [-0.2, 0) is 4.74 Å². The lowest BCUT2D eigenvalue weighted by atomic mass is 9.99. The van der Waals surface area contributed by atoms with E-state index in [0.29, 0.717) is 0 Å². The fraction of sp³-hybridized carbons (Fsp3) is 0.0667. The molecule has 0 aliphatic carbocycles. The number of rotatable bonds is 3. The Balaban J connectivity index is 2.51. The fourth-order valence-electron chi connectivity index (χ4n) is 1.71. The molecule has 0 fully saturated rings. The van der Waals surface area contributed by atoms with Crippen molar-refractivity contribution in [2.45, 2.75) is 0 Å². The quantitative estimate of drug-likeness (QED) is 0.752. The minimum atomic E-state index is -0.248. The van der Waals surface area contributed by atoms with Crippen LogP contribution in [0, 0.1) is 5.82 Å². The summed E-state index contributed by atoms with van der Waals surface area (Å²) >= 11 is 3.51. The van der Waals surface area contributed by atoms with Crippen LogP contribution in [0.5, 0.6) is 0 Å². The van der Waals surface area contributed by atoms with Gasteiger partial charge in [0.05, 0.1) is 13.4 Å². The second kappa shape index (κ2) is 5.83. The summed E-state index contributed by atoms with van der Waals surface area (Å²) in [5, 5.41) is 0. The van der Waals surface area contributed by atoms with E-state index >= 15 is 0 Å². The van der Waals surface area contributed by atoms with Crippen molar-refractivity contribution >= 4 is 21.5 Å². The highest BCUT2D eigenvalue weighted by Gasteiger charge is 2.08. The maximum absolute atomic E-state index is 13.0. The Kier molecular flexibility index (Phi) is 4.15. The Morgan fingerprint density at radius 1 is 1.11 bits per heavy atom. The normalized spacial score (nSPS) is 11.4. The Bertz CT molecular complexity index is 561. The number of halogens is 2. The summed E-state index contributed by atoms with van der Waals surface area (Å²) in [4.78, 5) is 0. The fourth-order valence-corrected chi connectivity index (χ4v) is 2.21. The molecular weight excluding hydrogens is 295 g/mol. The Morgan fingerprint density at radius 3 is 2.39 bits per heavy atom. The third-order valence-corrected chi connectivity index (χ3v) is 3.25. The first-order valence-corrected chi connectivity index (χ1v) is 6.25. The summed E-state index contributed by atoms with van der Waals surface area (Å²) in [7, 11) is 1.60. The molecule has 0 saturated heterocycles. The van der Waals surface area contributed by atoms with E-state index in [4.69, 9.17) is 4.74 Å². The van der Waals surface area contributed by atoms with Gasteiger partial charge in [0.25, 0.3) is 0 Å². The highest BCUT2D eigenvalue weighted by molar-refractivity contribution is 9.10. The average Bonchev–Trinajstić information content (AvgIpc) is 2.38. The monoisotopic (exact) mass is 306 g/mol. The first-order valence-electron chi connectivity index (χ1n) is 5.46. The molecule has 0 amide bonds. The number of hydrogen-bond donors (Lipinski definition) is 0. The van der Waals surface area contributed by atoms with Gasteiger partial charge in [-0.3, -0.25) is 0 Å². The number of ether oxygens (including phenoxy) is 1. The summed E-state index contributed by atoms with van der Waals surface area (Å²) in [6, 6.07) is 14.2. The molecule has 2 rings (SSSR count). The molecule has 0 atom stereocenters. The first kappa shape index (κ1) is 12.8. The molecule has 1 nitrogen and oxygen atoms in total.